The monoisotopic (exact) mass is 141 g/mol. The minimum absolute atomic E-state index is 0.371. The lowest BCUT2D eigenvalue weighted by atomic mass is 10.0. The van der Waals surface area contributed by atoms with Gasteiger partial charge in [0.15, 0.2) is 0 Å². The van der Waals surface area contributed by atoms with Crippen LogP contribution in [-0.4, -0.2) is 24.3 Å². The molecule has 0 spiro atoms. The zero-order valence-corrected chi connectivity index (χ0v) is 6.21. The molecule has 2 fully saturated rings. The zero-order chi connectivity index (χ0) is 6.97. The van der Waals surface area contributed by atoms with Gasteiger partial charge in [-0.15, -0.1) is 0 Å². The van der Waals surface area contributed by atoms with Crippen LogP contribution in [0.15, 0.2) is 0 Å². The molecule has 2 rings (SSSR count). The van der Waals surface area contributed by atoms with E-state index in [0.29, 0.717) is 12.5 Å². The van der Waals surface area contributed by atoms with Crippen LogP contribution < -0.4 is 5.32 Å². The molecule has 58 valence electrons. The molecule has 10 heavy (non-hydrogen) atoms. The first-order valence-electron chi connectivity index (χ1n) is 4.24. The number of nitrogens with one attached hydrogen (secondary N) is 1. The summed E-state index contributed by atoms with van der Waals surface area (Å²) in [6, 6.07) is 0.747. The summed E-state index contributed by atoms with van der Waals surface area (Å²) in [5.74, 6) is 1.50. The summed E-state index contributed by atoms with van der Waals surface area (Å²) in [6.45, 7) is 1.41. The van der Waals surface area contributed by atoms with Crippen LogP contribution in [0.1, 0.15) is 19.3 Å². The molecule has 0 aromatic carbocycles. The van der Waals surface area contributed by atoms with E-state index >= 15 is 0 Å². The van der Waals surface area contributed by atoms with Crippen molar-refractivity contribution in [1.29, 1.82) is 0 Å². The van der Waals surface area contributed by atoms with Crippen LogP contribution in [0, 0.1) is 11.8 Å². The first-order chi connectivity index (χ1) is 4.90. The summed E-state index contributed by atoms with van der Waals surface area (Å²) in [5, 5.41) is 12.3. The first kappa shape index (κ1) is 6.62. The smallest absolute Gasteiger partial charge is 0.0471 e. The molecule has 1 heterocycles. The molecule has 2 heteroatoms. The molecule has 0 aromatic heterocycles. The number of aliphatic hydroxyl groups is 1. The van der Waals surface area contributed by atoms with Crippen LogP contribution in [-0.2, 0) is 0 Å². The molecule has 0 bridgehead atoms. The standard InChI is InChI=1S/C8H15NO/c10-5-6-3-8(9-4-6)7-1-2-7/h6-10H,1-5H2. The summed E-state index contributed by atoms with van der Waals surface area (Å²) in [7, 11) is 0. The second kappa shape index (κ2) is 2.51. The molecule has 2 nitrogen and oxygen atoms in total. The van der Waals surface area contributed by atoms with Crippen molar-refractivity contribution in [3.63, 3.8) is 0 Å². The van der Waals surface area contributed by atoms with Crippen LogP contribution in [0.5, 0.6) is 0 Å². The third kappa shape index (κ3) is 1.18. The topological polar surface area (TPSA) is 32.3 Å². The van der Waals surface area contributed by atoms with Crippen molar-refractivity contribution in [3.8, 4) is 0 Å². The van der Waals surface area contributed by atoms with E-state index < -0.39 is 0 Å². The highest BCUT2D eigenvalue weighted by atomic mass is 16.3. The van der Waals surface area contributed by atoms with Crippen molar-refractivity contribution in [2.45, 2.75) is 25.3 Å². The summed E-state index contributed by atoms with van der Waals surface area (Å²) in [4.78, 5) is 0. The Bertz CT molecular complexity index is 122. The quantitative estimate of drug-likeness (QED) is 0.582. The van der Waals surface area contributed by atoms with E-state index in [2.05, 4.69) is 5.32 Å². The predicted molar refractivity (Wildman–Crippen MR) is 39.7 cm³/mol. The fraction of sp³-hybridized carbons (Fsp3) is 1.00. The second-order valence-electron chi connectivity index (χ2n) is 3.64. The molecule has 2 atom stereocenters. The van der Waals surface area contributed by atoms with E-state index in [4.69, 9.17) is 5.11 Å². The molecule has 2 N–H and O–H groups in total. The van der Waals surface area contributed by atoms with Crippen LogP contribution in [0.3, 0.4) is 0 Å². The van der Waals surface area contributed by atoms with Crippen LogP contribution in [0.2, 0.25) is 0 Å². The third-order valence-electron chi connectivity index (χ3n) is 2.71. The molecule has 2 aliphatic rings. The second-order valence-corrected chi connectivity index (χ2v) is 3.64. The molecule has 1 saturated carbocycles. The zero-order valence-electron chi connectivity index (χ0n) is 6.21. The third-order valence-corrected chi connectivity index (χ3v) is 2.71. The van der Waals surface area contributed by atoms with Crippen molar-refractivity contribution >= 4 is 0 Å². The molecule has 2 unspecified atom stereocenters. The molecule has 0 radical (unpaired) electrons. The Morgan fingerprint density at radius 1 is 1.40 bits per heavy atom. The summed E-state index contributed by atoms with van der Waals surface area (Å²) in [6.07, 6.45) is 4.03. The average Bonchev–Trinajstić information content (AvgIpc) is 2.70. The van der Waals surface area contributed by atoms with Crippen molar-refractivity contribution in [3.05, 3.63) is 0 Å². The lowest BCUT2D eigenvalue weighted by molar-refractivity contribution is 0.235. The van der Waals surface area contributed by atoms with E-state index in [0.717, 1.165) is 18.5 Å². The normalized spacial score (nSPS) is 40.5. The molecular weight excluding hydrogens is 126 g/mol. The van der Waals surface area contributed by atoms with Gasteiger partial charge in [0.1, 0.15) is 0 Å². The van der Waals surface area contributed by atoms with Gasteiger partial charge in [-0.05, 0) is 31.1 Å². The highest BCUT2D eigenvalue weighted by Gasteiger charge is 2.35. The predicted octanol–water partition coefficient (Wildman–Crippen LogP) is 0.367. The van der Waals surface area contributed by atoms with Gasteiger partial charge in [0.25, 0.3) is 0 Å². The van der Waals surface area contributed by atoms with E-state index in [1.165, 1.54) is 19.3 Å². The maximum Gasteiger partial charge on any atom is 0.0471 e. The Balaban J connectivity index is 1.81. The Labute approximate surface area is 61.6 Å². The number of rotatable bonds is 2. The summed E-state index contributed by atoms with van der Waals surface area (Å²) < 4.78 is 0. The van der Waals surface area contributed by atoms with Crippen molar-refractivity contribution in [2.75, 3.05) is 13.2 Å². The van der Waals surface area contributed by atoms with E-state index in [1.54, 1.807) is 0 Å². The SMILES string of the molecule is OCC1CNC(C2CC2)C1. The molecule has 1 saturated heterocycles. The number of hydrogen-bond acceptors (Lipinski definition) is 2. The molecule has 0 aromatic rings. The summed E-state index contributed by atoms with van der Waals surface area (Å²) in [5.41, 5.74) is 0. The van der Waals surface area contributed by atoms with E-state index in [-0.39, 0.29) is 0 Å². The van der Waals surface area contributed by atoms with Gasteiger partial charge in [-0.1, -0.05) is 0 Å². The Morgan fingerprint density at radius 3 is 2.70 bits per heavy atom. The van der Waals surface area contributed by atoms with E-state index in [9.17, 15) is 0 Å². The summed E-state index contributed by atoms with van der Waals surface area (Å²) >= 11 is 0. The highest BCUT2D eigenvalue weighted by molar-refractivity contribution is 4.92. The Kier molecular flexibility index (Phi) is 1.66. The molecule has 1 aliphatic carbocycles. The average molecular weight is 141 g/mol. The molecule has 0 amide bonds. The highest BCUT2D eigenvalue weighted by Crippen LogP contribution is 2.37. The first-order valence-corrected chi connectivity index (χ1v) is 4.24. The van der Waals surface area contributed by atoms with E-state index in [1.807, 2.05) is 0 Å². The van der Waals surface area contributed by atoms with Gasteiger partial charge in [0, 0.05) is 19.2 Å². The maximum atomic E-state index is 8.85. The largest absolute Gasteiger partial charge is 0.396 e. The fourth-order valence-electron chi connectivity index (χ4n) is 1.84. The molecule has 1 aliphatic heterocycles. The minimum Gasteiger partial charge on any atom is -0.396 e. The van der Waals surface area contributed by atoms with Gasteiger partial charge < -0.3 is 10.4 Å². The number of hydrogen-bond donors (Lipinski definition) is 2. The molecular formula is C8H15NO. The van der Waals surface area contributed by atoms with Gasteiger partial charge in [0.05, 0.1) is 0 Å². The lowest BCUT2D eigenvalue weighted by Crippen LogP contribution is -2.23. The van der Waals surface area contributed by atoms with Crippen LogP contribution >= 0.6 is 0 Å². The fourth-order valence-corrected chi connectivity index (χ4v) is 1.84. The van der Waals surface area contributed by atoms with Gasteiger partial charge in [-0.25, -0.2) is 0 Å². The maximum absolute atomic E-state index is 8.85. The number of aliphatic hydroxyl groups excluding tert-OH is 1. The van der Waals surface area contributed by atoms with Gasteiger partial charge in [-0.2, -0.15) is 0 Å². The minimum atomic E-state index is 0.371. The van der Waals surface area contributed by atoms with Gasteiger partial charge in [-0.3, -0.25) is 0 Å². The van der Waals surface area contributed by atoms with Crippen LogP contribution in [0.25, 0.3) is 0 Å². The van der Waals surface area contributed by atoms with Crippen molar-refractivity contribution in [2.24, 2.45) is 11.8 Å². The van der Waals surface area contributed by atoms with Gasteiger partial charge >= 0.3 is 0 Å². The van der Waals surface area contributed by atoms with Gasteiger partial charge in [0.2, 0.25) is 0 Å². The Morgan fingerprint density at radius 2 is 2.20 bits per heavy atom. The lowest BCUT2D eigenvalue weighted by Gasteiger charge is -2.06. The van der Waals surface area contributed by atoms with Crippen LogP contribution in [0.4, 0.5) is 0 Å². The Hall–Kier alpha value is -0.0800. The van der Waals surface area contributed by atoms with Crippen molar-refractivity contribution in [1.82, 2.24) is 5.32 Å². The van der Waals surface area contributed by atoms with Crippen molar-refractivity contribution < 1.29 is 5.11 Å².